The van der Waals surface area contributed by atoms with Gasteiger partial charge in [-0.1, -0.05) is 6.07 Å². The van der Waals surface area contributed by atoms with E-state index in [2.05, 4.69) is 22.3 Å². The summed E-state index contributed by atoms with van der Waals surface area (Å²) in [5, 5.41) is 3.50. The number of ether oxygens (including phenoxy) is 2. The minimum Gasteiger partial charge on any atom is -0.486 e. The molecule has 5 heteroatoms. The number of carbonyl (C=O) groups excluding carboxylic acids is 1. The van der Waals surface area contributed by atoms with Crippen LogP contribution in [0.3, 0.4) is 0 Å². The Morgan fingerprint density at radius 3 is 2.43 bits per heavy atom. The normalized spacial score (nSPS) is 37.9. The van der Waals surface area contributed by atoms with Crippen molar-refractivity contribution in [3.8, 4) is 11.5 Å². The van der Waals surface area contributed by atoms with Crippen molar-refractivity contribution in [3.05, 3.63) is 23.8 Å². The van der Waals surface area contributed by atoms with E-state index in [1.54, 1.807) is 0 Å². The first kappa shape index (κ1) is 17.0. The van der Waals surface area contributed by atoms with Gasteiger partial charge in [-0.2, -0.15) is 0 Å². The molecule has 1 aromatic rings. The molecular formula is C23H30N2O3. The second-order valence-electron chi connectivity index (χ2n) is 9.66. The molecule has 1 atom stereocenters. The lowest BCUT2D eigenvalue weighted by Crippen LogP contribution is -2.57. The van der Waals surface area contributed by atoms with Crippen LogP contribution in [0.15, 0.2) is 18.2 Å². The molecule has 4 bridgehead atoms. The Kier molecular flexibility index (Phi) is 3.98. The number of likely N-dealkylation sites (tertiary alicyclic amines) is 1. The van der Waals surface area contributed by atoms with Crippen LogP contribution in [0.5, 0.6) is 11.5 Å². The summed E-state index contributed by atoms with van der Waals surface area (Å²) in [6, 6.07) is 6.88. The topological polar surface area (TPSA) is 50.8 Å². The van der Waals surface area contributed by atoms with Crippen molar-refractivity contribution >= 4 is 6.03 Å². The van der Waals surface area contributed by atoms with Gasteiger partial charge in [-0.3, -0.25) is 0 Å². The second kappa shape index (κ2) is 6.57. The van der Waals surface area contributed by atoms with Gasteiger partial charge in [0.25, 0.3) is 0 Å². The van der Waals surface area contributed by atoms with Crippen molar-refractivity contribution in [3.63, 3.8) is 0 Å². The third-order valence-electron chi connectivity index (χ3n) is 7.98. The summed E-state index contributed by atoms with van der Waals surface area (Å²) >= 11 is 0. The highest BCUT2D eigenvalue weighted by molar-refractivity contribution is 5.75. The van der Waals surface area contributed by atoms with Gasteiger partial charge in [0.15, 0.2) is 11.5 Å². The standard InChI is InChI=1S/C23H30N2O3/c26-23(24-22-17-9-14-8-15(11-17)12-18(22)10-14)25-5-1-2-19(25)16-3-4-20-21(13-16)28-7-6-27-20/h3-4,13-15,17-19,22H,1-2,5-12H2,(H,24,26). The van der Waals surface area contributed by atoms with Gasteiger partial charge < -0.3 is 19.7 Å². The molecule has 1 N–H and O–H groups in total. The molecule has 2 heterocycles. The van der Waals surface area contributed by atoms with E-state index in [-0.39, 0.29) is 12.1 Å². The Morgan fingerprint density at radius 2 is 1.68 bits per heavy atom. The van der Waals surface area contributed by atoms with Gasteiger partial charge in [0.05, 0.1) is 6.04 Å². The smallest absolute Gasteiger partial charge is 0.318 e. The molecule has 5 fully saturated rings. The van der Waals surface area contributed by atoms with E-state index in [1.807, 2.05) is 6.07 Å². The lowest BCUT2D eigenvalue weighted by molar-refractivity contribution is -0.0112. The third kappa shape index (κ3) is 2.77. The first-order valence-corrected chi connectivity index (χ1v) is 11.2. The van der Waals surface area contributed by atoms with Crippen molar-refractivity contribution in [2.75, 3.05) is 19.8 Å². The molecule has 0 spiro atoms. The van der Waals surface area contributed by atoms with Crippen molar-refractivity contribution in [2.45, 2.75) is 57.0 Å². The predicted octanol–water partition coefficient (Wildman–Crippen LogP) is 4.13. The SMILES string of the molecule is O=C(NC1C2CC3CC(C2)CC1C3)N1CCCC1c1ccc2c(c1)OCCO2. The predicted molar refractivity (Wildman–Crippen MR) is 105 cm³/mol. The Hall–Kier alpha value is -1.91. The zero-order chi connectivity index (χ0) is 18.7. The van der Waals surface area contributed by atoms with Crippen LogP contribution in [-0.2, 0) is 0 Å². The highest BCUT2D eigenvalue weighted by atomic mass is 16.6. The molecule has 7 rings (SSSR count). The number of hydrogen-bond acceptors (Lipinski definition) is 3. The number of urea groups is 1. The maximum atomic E-state index is 13.3. The maximum Gasteiger partial charge on any atom is 0.318 e. The molecule has 4 aliphatic carbocycles. The fraction of sp³-hybridized carbons (Fsp3) is 0.696. The molecule has 0 aromatic heterocycles. The Labute approximate surface area is 166 Å². The van der Waals surface area contributed by atoms with Crippen LogP contribution in [0.25, 0.3) is 0 Å². The number of rotatable bonds is 2. The monoisotopic (exact) mass is 382 g/mol. The summed E-state index contributed by atoms with van der Waals surface area (Å²) in [5.74, 6) is 4.95. The highest BCUT2D eigenvalue weighted by Gasteiger charge is 2.49. The Morgan fingerprint density at radius 1 is 0.964 bits per heavy atom. The van der Waals surface area contributed by atoms with Crippen molar-refractivity contribution < 1.29 is 14.3 Å². The lowest BCUT2D eigenvalue weighted by atomic mass is 9.54. The quantitative estimate of drug-likeness (QED) is 0.837. The minimum atomic E-state index is 0.146. The van der Waals surface area contributed by atoms with Crippen LogP contribution < -0.4 is 14.8 Å². The highest BCUT2D eigenvalue weighted by Crippen LogP contribution is 2.53. The Balaban J connectivity index is 1.18. The van der Waals surface area contributed by atoms with Gasteiger partial charge in [0, 0.05) is 12.6 Å². The van der Waals surface area contributed by atoms with Crippen molar-refractivity contribution in [2.24, 2.45) is 23.7 Å². The molecule has 1 saturated heterocycles. The first-order chi connectivity index (χ1) is 13.7. The average molecular weight is 383 g/mol. The Bertz CT molecular complexity index is 751. The number of nitrogens with zero attached hydrogens (tertiary/aromatic N) is 1. The molecule has 2 amide bonds. The summed E-state index contributed by atoms with van der Waals surface area (Å²) in [4.78, 5) is 15.3. The number of benzene rings is 1. The molecule has 5 nitrogen and oxygen atoms in total. The van der Waals surface area contributed by atoms with Crippen LogP contribution in [0.2, 0.25) is 0 Å². The molecule has 150 valence electrons. The summed E-state index contributed by atoms with van der Waals surface area (Å²) in [6.07, 6.45) is 8.88. The van der Waals surface area contributed by atoms with Crippen LogP contribution in [-0.4, -0.2) is 36.7 Å². The molecular weight excluding hydrogens is 352 g/mol. The second-order valence-corrected chi connectivity index (χ2v) is 9.66. The zero-order valence-electron chi connectivity index (χ0n) is 16.4. The summed E-state index contributed by atoms with van der Waals surface area (Å²) < 4.78 is 11.4. The largest absolute Gasteiger partial charge is 0.486 e. The summed E-state index contributed by atoms with van der Waals surface area (Å²) in [7, 11) is 0. The molecule has 0 radical (unpaired) electrons. The van der Waals surface area contributed by atoms with E-state index in [9.17, 15) is 4.79 Å². The molecule has 1 aromatic carbocycles. The molecule has 4 saturated carbocycles. The number of hydrogen-bond donors (Lipinski definition) is 1. The van der Waals surface area contributed by atoms with E-state index in [0.717, 1.165) is 54.6 Å². The van der Waals surface area contributed by atoms with E-state index in [4.69, 9.17) is 9.47 Å². The average Bonchev–Trinajstić information content (AvgIpc) is 3.20. The van der Waals surface area contributed by atoms with Crippen LogP contribution in [0.4, 0.5) is 4.79 Å². The van der Waals surface area contributed by atoms with E-state index in [0.29, 0.717) is 19.3 Å². The lowest BCUT2D eigenvalue weighted by Gasteiger charge is -2.54. The molecule has 2 aliphatic heterocycles. The van der Waals surface area contributed by atoms with Crippen molar-refractivity contribution in [1.82, 2.24) is 10.2 Å². The fourth-order valence-corrected chi connectivity index (χ4v) is 7.01. The fourth-order valence-electron chi connectivity index (χ4n) is 7.01. The number of amides is 2. The van der Waals surface area contributed by atoms with Gasteiger partial charge in [0.1, 0.15) is 13.2 Å². The third-order valence-corrected chi connectivity index (χ3v) is 7.98. The van der Waals surface area contributed by atoms with E-state index < -0.39 is 0 Å². The van der Waals surface area contributed by atoms with Crippen LogP contribution in [0.1, 0.15) is 56.6 Å². The van der Waals surface area contributed by atoms with Crippen molar-refractivity contribution in [1.29, 1.82) is 0 Å². The van der Waals surface area contributed by atoms with Gasteiger partial charge in [0.2, 0.25) is 0 Å². The molecule has 6 aliphatic rings. The van der Waals surface area contributed by atoms with Gasteiger partial charge in [-0.25, -0.2) is 4.79 Å². The minimum absolute atomic E-state index is 0.146. The number of nitrogens with one attached hydrogen (secondary N) is 1. The summed E-state index contributed by atoms with van der Waals surface area (Å²) in [6.45, 7) is 2.05. The summed E-state index contributed by atoms with van der Waals surface area (Å²) in [5.41, 5.74) is 1.17. The zero-order valence-corrected chi connectivity index (χ0v) is 16.4. The van der Waals surface area contributed by atoms with Gasteiger partial charge in [-0.15, -0.1) is 0 Å². The van der Waals surface area contributed by atoms with Gasteiger partial charge in [-0.05, 0) is 86.3 Å². The number of fused-ring (bicyclic) bond motifs is 1. The first-order valence-electron chi connectivity index (χ1n) is 11.2. The molecule has 28 heavy (non-hydrogen) atoms. The van der Waals surface area contributed by atoms with E-state index in [1.165, 1.54) is 37.7 Å². The molecule has 1 unspecified atom stereocenters. The maximum absolute atomic E-state index is 13.3. The van der Waals surface area contributed by atoms with Gasteiger partial charge >= 0.3 is 6.03 Å². The number of carbonyl (C=O) groups is 1. The van der Waals surface area contributed by atoms with Crippen LogP contribution in [0, 0.1) is 23.7 Å². The van der Waals surface area contributed by atoms with E-state index >= 15 is 0 Å². The van der Waals surface area contributed by atoms with Crippen LogP contribution >= 0.6 is 0 Å².